The lowest BCUT2D eigenvalue weighted by Crippen LogP contribution is -2.18. The summed E-state index contributed by atoms with van der Waals surface area (Å²) in [6.45, 7) is 5.53. The van der Waals surface area contributed by atoms with Gasteiger partial charge in [0.25, 0.3) is 0 Å². The molecule has 1 fully saturated rings. The predicted octanol–water partition coefficient (Wildman–Crippen LogP) is 6.75. The van der Waals surface area contributed by atoms with Crippen molar-refractivity contribution in [3.63, 3.8) is 0 Å². The standard InChI is InChI=1S/C23H25ClO2/c1-15-13-19(17-9-5-4-6-10-17)20(24)14-18(15)21(16(2)25)22(26)23(3)11-7-8-12-23/h4-6,9-10,13-14,26H,7-8,11-12H2,1-3H3/b22-21-. The third-order valence-electron chi connectivity index (χ3n) is 5.54. The van der Waals surface area contributed by atoms with Gasteiger partial charge in [0.2, 0.25) is 0 Å². The smallest absolute Gasteiger partial charge is 0.163 e. The van der Waals surface area contributed by atoms with Crippen molar-refractivity contribution in [2.75, 3.05) is 0 Å². The highest BCUT2D eigenvalue weighted by Crippen LogP contribution is 2.46. The van der Waals surface area contributed by atoms with E-state index in [-0.39, 0.29) is 17.0 Å². The Morgan fingerprint density at radius 1 is 1.12 bits per heavy atom. The van der Waals surface area contributed by atoms with Crippen LogP contribution in [0.25, 0.3) is 16.7 Å². The molecule has 1 aliphatic carbocycles. The third kappa shape index (κ3) is 3.43. The Labute approximate surface area is 160 Å². The molecule has 2 aromatic rings. The van der Waals surface area contributed by atoms with E-state index in [4.69, 9.17) is 11.6 Å². The number of ketones is 1. The maximum Gasteiger partial charge on any atom is 0.163 e. The van der Waals surface area contributed by atoms with E-state index in [9.17, 15) is 9.90 Å². The fourth-order valence-electron chi connectivity index (χ4n) is 3.97. The second-order valence-corrected chi connectivity index (χ2v) is 7.97. The Bertz CT molecular complexity index is 859. The van der Waals surface area contributed by atoms with Crippen LogP contribution in [0.1, 0.15) is 50.7 Å². The summed E-state index contributed by atoms with van der Waals surface area (Å²) < 4.78 is 0. The van der Waals surface area contributed by atoms with E-state index in [0.29, 0.717) is 10.6 Å². The van der Waals surface area contributed by atoms with Crippen LogP contribution in [-0.2, 0) is 4.79 Å². The molecule has 1 aliphatic rings. The Hall–Kier alpha value is -2.06. The SMILES string of the molecule is CC(=O)/C(=C(/O)C1(C)CCCC1)c1cc(Cl)c(-c2ccccc2)cc1C. The Balaban J connectivity index is 2.15. The van der Waals surface area contributed by atoms with Crippen molar-refractivity contribution >= 4 is 23.0 Å². The predicted molar refractivity (Wildman–Crippen MR) is 108 cm³/mol. The molecule has 2 aromatic carbocycles. The second kappa shape index (κ2) is 7.28. The molecule has 0 bridgehead atoms. The van der Waals surface area contributed by atoms with E-state index >= 15 is 0 Å². The van der Waals surface area contributed by atoms with Gasteiger partial charge in [-0.1, -0.05) is 61.7 Å². The van der Waals surface area contributed by atoms with E-state index in [1.165, 1.54) is 6.92 Å². The molecule has 0 saturated heterocycles. The number of aliphatic hydroxyl groups is 1. The number of aliphatic hydroxyl groups excluding tert-OH is 1. The molecule has 1 saturated carbocycles. The molecule has 1 N–H and O–H groups in total. The zero-order chi connectivity index (χ0) is 18.9. The van der Waals surface area contributed by atoms with Crippen molar-refractivity contribution in [2.45, 2.75) is 46.5 Å². The van der Waals surface area contributed by atoms with Gasteiger partial charge in [-0.25, -0.2) is 0 Å². The van der Waals surface area contributed by atoms with Crippen molar-refractivity contribution in [2.24, 2.45) is 5.41 Å². The van der Waals surface area contributed by atoms with Crippen molar-refractivity contribution in [1.29, 1.82) is 0 Å². The highest BCUT2D eigenvalue weighted by Gasteiger charge is 2.36. The van der Waals surface area contributed by atoms with Crippen molar-refractivity contribution in [3.05, 3.63) is 64.4 Å². The first kappa shape index (κ1) is 18.7. The number of benzene rings is 2. The molecule has 0 aromatic heterocycles. The number of Topliss-reactive ketones (excluding diaryl/α,β-unsaturated/α-hetero) is 1. The van der Waals surface area contributed by atoms with Crippen LogP contribution >= 0.6 is 11.6 Å². The minimum atomic E-state index is -0.321. The van der Waals surface area contributed by atoms with Gasteiger partial charge >= 0.3 is 0 Å². The van der Waals surface area contributed by atoms with Crippen LogP contribution in [-0.4, -0.2) is 10.9 Å². The van der Waals surface area contributed by atoms with E-state index in [2.05, 4.69) is 0 Å². The summed E-state index contributed by atoms with van der Waals surface area (Å²) in [6, 6.07) is 13.8. The molecule has 3 heteroatoms. The number of aryl methyl sites for hydroxylation is 1. The van der Waals surface area contributed by atoms with Crippen molar-refractivity contribution in [3.8, 4) is 11.1 Å². The van der Waals surface area contributed by atoms with Crippen LogP contribution in [0.4, 0.5) is 0 Å². The average Bonchev–Trinajstić information content (AvgIpc) is 3.06. The number of allylic oxidation sites excluding steroid dienone is 2. The normalized spacial score (nSPS) is 17.1. The highest BCUT2D eigenvalue weighted by atomic mass is 35.5. The first-order chi connectivity index (χ1) is 12.3. The number of halogens is 1. The molecule has 0 spiro atoms. The Kier molecular flexibility index (Phi) is 5.24. The van der Waals surface area contributed by atoms with Crippen LogP contribution in [0.5, 0.6) is 0 Å². The molecule has 3 rings (SSSR count). The number of hydrogen-bond acceptors (Lipinski definition) is 2. The quantitative estimate of drug-likeness (QED) is 0.478. The van der Waals surface area contributed by atoms with Crippen LogP contribution in [0.3, 0.4) is 0 Å². The summed E-state index contributed by atoms with van der Waals surface area (Å²) in [7, 11) is 0. The molecule has 136 valence electrons. The zero-order valence-electron chi connectivity index (χ0n) is 15.6. The van der Waals surface area contributed by atoms with E-state index in [1.807, 2.05) is 56.3 Å². The van der Waals surface area contributed by atoms with E-state index in [1.54, 1.807) is 0 Å². The molecule has 0 aliphatic heterocycles. The first-order valence-electron chi connectivity index (χ1n) is 9.14. The molecule has 2 nitrogen and oxygen atoms in total. The minimum absolute atomic E-state index is 0.123. The topological polar surface area (TPSA) is 37.3 Å². The van der Waals surface area contributed by atoms with Crippen LogP contribution in [0.2, 0.25) is 5.02 Å². The highest BCUT2D eigenvalue weighted by molar-refractivity contribution is 6.34. The summed E-state index contributed by atoms with van der Waals surface area (Å²) in [4.78, 5) is 12.4. The molecule has 0 unspecified atom stereocenters. The van der Waals surface area contributed by atoms with Gasteiger partial charge in [0, 0.05) is 16.0 Å². The summed E-state index contributed by atoms with van der Waals surface area (Å²) in [5.74, 6) is 0.0939. The van der Waals surface area contributed by atoms with Gasteiger partial charge in [0.1, 0.15) is 5.76 Å². The summed E-state index contributed by atoms with van der Waals surface area (Å²) in [5, 5.41) is 11.6. The van der Waals surface area contributed by atoms with E-state index < -0.39 is 0 Å². The number of rotatable bonds is 4. The zero-order valence-corrected chi connectivity index (χ0v) is 16.4. The summed E-state index contributed by atoms with van der Waals surface area (Å²) in [5.41, 5.74) is 3.72. The molecule has 0 heterocycles. The third-order valence-corrected chi connectivity index (χ3v) is 5.85. The fraction of sp³-hybridized carbons (Fsp3) is 0.348. The van der Waals surface area contributed by atoms with Gasteiger partial charge in [0.15, 0.2) is 5.78 Å². The molecule has 0 amide bonds. The molecule has 0 atom stereocenters. The maximum atomic E-state index is 12.4. The average molecular weight is 369 g/mol. The lowest BCUT2D eigenvalue weighted by Gasteiger charge is -2.26. The molecular weight excluding hydrogens is 344 g/mol. The first-order valence-corrected chi connectivity index (χ1v) is 9.52. The van der Waals surface area contributed by atoms with Crippen LogP contribution in [0, 0.1) is 12.3 Å². The number of hydrogen-bond donors (Lipinski definition) is 1. The summed E-state index contributed by atoms with van der Waals surface area (Å²) in [6.07, 6.45) is 3.98. The Morgan fingerprint density at radius 3 is 2.31 bits per heavy atom. The molecule has 26 heavy (non-hydrogen) atoms. The van der Waals surface area contributed by atoms with Gasteiger partial charge in [-0.3, -0.25) is 4.79 Å². The van der Waals surface area contributed by atoms with Crippen molar-refractivity contribution in [1.82, 2.24) is 0 Å². The number of carbonyl (C=O) groups is 1. The Morgan fingerprint density at radius 2 is 1.73 bits per heavy atom. The lowest BCUT2D eigenvalue weighted by atomic mass is 9.81. The van der Waals surface area contributed by atoms with Gasteiger partial charge in [-0.15, -0.1) is 0 Å². The minimum Gasteiger partial charge on any atom is -0.511 e. The molecule has 0 radical (unpaired) electrons. The van der Waals surface area contributed by atoms with E-state index in [0.717, 1.165) is 47.9 Å². The van der Waals surface area contributed by atoms with Gasteiger partial charge in [-0.2, -0.15) is 0 Å². The van der Waals surface area contributed by atoms with Crippen LogP contribution in [0.15, 0.2) is 48.2 Å². The maximum absolute atomic E-state index is 12.4. The van der Waals surface area contributed by atoms with Crippen LogP contribution < -0.4 is 0 Å². The van der Waals surface area contributed by atoms with Gasteiger partial charge in [-0.05, 0) is 55.5 Å². The van der Waals surface area contributed by atoms with Crippen molar-refractivity contribution < 1.29 is 9.90 Å². The lowest BCUT2D eigenvalue weighted by molar-refractivity contribution is -0.112. The fourth-order valence-corrected chi connectivity index (χ4v) is 4.24. The van der Waals surface area contributed by atoms with Gasteiger partial charge in [0.05, 0.1) is 5.57 Å². The van der Waals surface area contributed by atoms with Gasteiger partial charge < -0.3 is 5.11 Å². The summed E-state index contributed by atoms with van der Waals surface area (Å²) >= 11 is 6.57. The largest absolute Gasteiger partial charge is 0.511 e. The molecular formula is C23H25ClO2. The second-order valence-electron chi connectivity index (χ2n) is 7.56. The monoisotopic (exact) mass is 368 g/mol. The number of carbonyl (C=O) groups excluding carboxylic acids is 1.